The van der Waals surface area contributed by atoms with Crippen molar-refractivity contribution in [2.75, 3.05) is 19.0 Å². The van der Waals surface area contributed by atoms with Gasteiger partial charge in [-0.3, -0.25) is 10.1 Å². The molecule has 0 aliphatic carbocycles. The molecular formula is C16H18N2O5. The standard InChI is InChI=1S/C16H18N2O5/c1-23-13-4-2-3-12(8-13)16(20)9-17-14-7-11(10-19)5-6-15(14)18(21)22/h2-8,16-17,19-20H,9-10H2,1H3. The van der Waals surface area contributed by atoms with E-state index in [9.17, 15) is 15.2 Å². The zero-order valence-electron chi connectivity index (χ0n) is 12.6. The molecule has 1 unspecified atom stereocenters. The van der Waals surface area contributed by atoms with Gasteiger partial charge in [0, 0.05) is 12.6 Å². The molecule has 0 aromatic heterocycles. The lowest BCUT2D eigenvalue weighted by Gasteiger charge is -2.14. The highest BCUT2D eigenvalue weighted by atomic mass is 16.6. The summed E-state index contributed by atoms with van der Waals surface area (Å²) in [6.07, 6.45) is -0.859. The lowest BCUT2D eigenvalue weighted by molar-refractivity contribution is -0.384. The fraction of sp³-hybridized carbons (Fsp3) is 0.250. The summed E-state index contributed by atoms with van der Waals surface area (Å²) in [6, 6.07) is 11.3. The minimum Gasteiger partial charge on any atom is -0.497 e. The minimum absolute atomic E-state index is 0.0862. The summed E-state index contributed by atoms with van der Waals surface area (Å²) in [5.74, 6) is 0.620. The van der Waals surface area contributed by atoms with Gasteiger partial charge < -0.3 is 20.3 Å². The molecule has 3 N–H and O–H groups in total. The van der Waals surface area contributed by atoms with Gasteiger partial charge in [-0.2, -0.15) is 0 Å². The first-order chi connectivity index (χ1) is 11.0. The second kappa shape index (κ2) is 7.57. The smallest absolute Gasteiger partial charge is 0.292 e. The number of nitro benzene ring substituents is 1. The van der Waals surface area contributed by atoms with Gasteiger partial charge in [-0.15, -0.1) is 0 Å². The van der Waals surface area contributed by atoms with Crippen LogP contribution in [0.4, 0.5) is 11.4 Å². The van der Waals surface area contributed by atoms with Crippen LogP contribution in [0.25, 0.3) is 0 Å². The second-order valence-corrected chi connectivity index (χ2v) is 4.94. The van der Waals surface area contributed by atoms with E-state index in [0.29, 0.717) is 16.9 Å². The zero-order valence-corrected chi connectivity index (χ0v) is 12.6. The van der Waals surface area contributed by atoms with Crippen LogP contribution in [0, 0.1) is 10.1 Å². The van der Waals surface area contributed by atoms with E-state index in [0.717, 1.165) is 0 Å². The highest BCUT2D eigenvalue weighted by molar-refractivity contribution is 5.62. The van der Waals surface area contributed by atoms with E-state index in [2.05, 4.69) is 5.32 Å². The Labute approximate surface area is 133 Å². The Hall–Kier alpha value is -2.64. The van der Waals surface area contributed by atoms with Crippen molar-refractivity contribution < 1.29 is 19.9 Å². The van der Waals surface area contributed by atoms with E-state index in [1.54, 1.807) is 24.3 Å². The highest BCUT2D eigenvalue weighted by Gasteiger charge is 2.16. The topological polar surface area (TPSA) is 105 Å². The van der Waals surface area contributed by atoms with Gasteiger partial charge in [0.25, 0.3) is 5.69 Å². The number of ether oxygens (including phenoxy) is 1. The number of hydrogen-bond acceptors (Lipinski definition) is 6. The Bertz CT molecular complexity index is 690. The van der Waals surface area contributed by atoms with Crippen LogP contribution in [0.15, 0.2) is 42.5 Å². The van der Waals surface area contributed by atoms with Gasteiger partial charge in [-0.1, -0.05) is 12.1 Å². The summed E-state index contributed by atoms with van der Waals surface area (Å²) >= 11 is 0. The number of anilines is 1. The first-order valence-corrected chi connectivity index (χ1v) is 6.99. The summed E-state index contributed by atoms with van der Waals surface area (Å²) < 4.78 is 5.10. The lowest BCUT2D eigenvalue weighted by Crippen LogP contribution is -2.13. The molecule has 1 atom stereocenters. The van der Waals surface area contributed by atoms with Crippen molar-refractivity contribution in [3.05, 3.63) is 63.7 Å². The van der Waals surface area contributed by atoms with Crippen LogP contribution in [0.1, 0.15) is 17.2 Å². The van der Waals surface area contributed by atoms with Gasteiger partial charge in [-0.25, -0.2) is 0 Å². The molecule has 0 saturated carbocycles. The van der Waals surface area contributed by atoms with Crippen molar-refractivity contribution >= 4 is 11.4 Å². The number of aliphatic hydroxyl groups is 2. The SMILES string of the molecule is COc1cccc(C(O)CNc2cc(CO)ccc2[N+](=O)[O-])c1. The Morgan fingerprint density at radius 1 is 1.30 bits per heavy atom. The normalized spacial score (nSPS) is 11.8. The van der Waals surface area contributed by atoms with Crippen molar-refractivity contribution in [3.8, 4) is 5.75 Å². The van der Waals surface area contributed by atoms with Crippen molar-refractivity contribution in [2.24, 2.45) is 0 Å². The molecule has 0 aliphatic rings. The van der Waals surface area contributed by atoms with Crippen LogP contribution in [0.3, 0.4) is 0 Å². The molecule has 2 aromatic rings. The monoisotopic (exact) mass is 318 g/mol. The third-order valence-electron chi connectivity index (χ3n) is 3.40. The molecule has 122 valence electrons. The molecule has 0 saturated heterocycles. The average Bonchev–Trinajstić information content (AvgIpc) is 2.59. The molecule has 7 heteroatoms. The Kier molecular flexibility index (Phi) is 5.51. The molecule has 23 heavy (non-hydrogen) atoms. The van der Waals surface area contributed by atoms with Crippen molar-refractivity contribution in [2.45, 2.75) is 12.7 Å². The predicted octanol–water partition coefficient (Wildman–Crippen LogP) is 2.24. The number of benzene rings is 2. The van der Waals surface area contributed by atoms with E-state index < -0.39 is 11.0 Å². The maximum absolute atomic E-state index is 11.0. The fourth-order valence-electron chi connectivity index (χ4n) is 2.16. The van der Waals surface area contributed by atoms with E-state index in [1.165, 1.54) is 25.3 Å². The predicted molar refractivity (Wildman–Crippen MR) is 85.5 cm³/mol. The first-order valence-electron chi connectivity index (χ1n) is 6.99. The molecule has 0 aliphatic heterocycles. The van der Waals surface area contributed by atoms with E-state index in [4.69, 9.17) is 9.84 Å². The highest BCUT2D eigenvalue weighted by Crippen LogP contribution is 2.27. The van der Waals surface area contributed by atoms with Gasteiger partial charge in [-0.05, 0) is 35.4 Å². The average molecular weight is 318 g/mol. The maximum atomic E-state index is 11.0. The van der Waals surface area contributed by atoms with Crippen LogP contribution in [-0.4, -0.2) is 28.8 Å². The Morgan fingerprint density at radius 2 is 2.09 bits per heavy atom. The summed E-state index contributed by atoms with van der Waals surface area (Å²) in [6.45, 7) is -0.131. The molecule has 0 radical (unpaired) electrons. The van der Waals surface area contributed by atoms with E-state index in [1.807, 2.05) is 0 Å². The molecule has 2 rings (SSSR count). The largest absolute Gasteiger partial charge is 0.497 e. The Balaban J connectivity index is 2.14. The van der Waals surface area contributed by atoms with Gasteiger partial charge in [0.15, 0.2) is 0 Å². The van der Waals surface area contributed by atoms with Gasteiger partial charge in [0.1, 0.15) is 11.4 Å². The molecule has 7 nitrogen and oxygen atoms in total. The van der Waals surface area contributed by atoms with Crippen LogP contribution in [0.5, 0.6) is 5.75 Å². The number of nitrogens with one attached hydrogen (secondary N) is 1. The van der Waals surface area contributed by atoms with E-state index in [-0.39, 0.29) is 24.5 Å². The number of nitro groups is 1. The number of nitrogens with zero attached hydrogens (tertiary/aromatic N) is 1. The van der Waals surface area contributed by atoms with Crippen LogP contribution in [0.2, 0.25) is 0 Å². The fourth-order valence-corrected chi connectivity index (χ4v) is 2.16. The minimum atomic E-state index is -0.859. The van der Waals surface area contributed by atoms with Crippen LogP contribution < -0.4 is 10.1 Å². The molecule has 2 aromatic carbocycles. The summed E-state index contributed by atoms with van der Waals surface area (Å²) in [5, 5.41) is 33.3. The second-order valence-electron chi connectivity index (χ2n) is 4.94. The number of hydrogen-bond donors (Lipinski definition) is 3. The summed E-state index contributed by atoms with van der Waals surface area (Å²) in [5.41, 5.74) is 1.33. The molecule has 0 heterocycles. The van der Waals surface area contributed by atoms with Gasteiger partial charge in [0.2, 0.25) is 0 Å². The zero-order chi connectivity index (χ0) is 16.8. The number of rotatable bonds is 7. The first kappa shape index (κ1) is 16.7. The summed E-state index contributed by atoms with van der Waals surface area (Å²) in [4.78, 5) is 10.5. The lowest BCUT2D eigenvalue weighted by atomic mass is 10.1. The van der Waals surface area contributed by atoms with Crippen molar-refractivity contribution in [3.63, 3.8) is 0 Å². The molecular weight excluding hydrogens is 300 g/mol. The maximum Gasteiger partial charge on any atom is 0.292 e. The number of aliphatic hydroxyl groups excluding tert-OH is 2. The third kappa shape index (κ3) is 4.18. The van der Waals surface area contributed by atoms with Crippen molar-refractivity contribution in [1.29, 1.82) is 0 Å². The van der Waals surface area contributed by atoms with Gasteiger partial charge in [0.05, 0.1) is 24.7 Å². The number of methoxy groups -OCH3 is 1. The molecule has 0 fully saturated rings. The van der Waals surface area contributed by atoms with Crippen LogP contribution >= 0.6 is 0 Å². The van der Waals surface area contributed by atoms with Crippen molar-refractivity contribution in [1.82, 2.24) is 0 Å². The molecule has 0 spiro atoms. The summed E-state index contributed by atoms with van der Waals surface area (Å²) in [7, 11) is 1.54. The quantitative estimate of drug-likeness (QED) is 0.534. The third-order valence-corrected chi connectivity index (χ3v) is 3.40. The van der Waals surface area contributed by atoms with Crippen LogP contribution in [-0.2, 0) is 6.61 Å². The Morgan fingerprint density at radius 3 is 2.74 bits per heavy atom. The van der Waals surface area contributed by atoms with Gasteiger partial charge >= 0.3 is 0 Å². The molecule has 0 amide bonds. The molecule has 0 bridgehead atoms. The van der Waals surface area contributed by atoms with E-state index >= 15 is 0 Å².